The second-order valence-electron chi connectivity index (χ2n) is 6.34. The number of rotatable bonds is 6. The number of carbonyl (C=O) groups is 1. The van der Waals surface area contributed by atoms with E-state index in [0.29, 0.717) is 24.2 Å². The van der Waals surface area contributed by atoms with Gasteiger partial charge in [-0.15, -0.1) is 0 Å². The lowest BCUT2D eigenvalue weighted by molar-refractivity contribution is 0.0627. The number of hydrogen-bond acceptors (Lipinski definition) is 4. The number of halogens is 1. The first-order valence-electron chi connectivity index (χ1n) is 8.75. The van der Waals surface area contributed by atoms with E-state index >= 15 is 0 Å². The molecule has 5 nitrogen and oxygen atoms in total. The van der Waals surface area contributed by atoms with Gasteiger partial charge in [0.2, 0.25) is 0 Å². The van der Waals surface area contributed by atoms with Crippen LogP contribution in [0.15, 0.2) is 30.3 Å². The highest BCUT2D eigenvalue weighted by atomic mass is 19.1. The molecule has 25 heavy (non-hydrogen) atoms. The number of ether oxygens (including phenoxy) is 1. The van der Waals surface area contributed by atoms with Gasteiger partial charge in [-0.05, 0) is 31.5 Å². The summed E-state index contributed by atoms with van der Waals surface area (Å²) in [5.74, 6) is -0.516. The summed E-state index contributed by atoms with van der Waals surface area (Å²) in [6.07, 6.45) is 2.16. The molecule has 134 valence electrons. The summed E-state index contributed by atoms with van der Waals surface area (Å²) in [6, 6.07) is 8.24. The first kappa shape index (κ1) is 17.8. The predicted molar refractivity (Wildman–Crippen MR) is 95.2 cm³/mol. The number of para-hydroxylation sites is 1. The summed E-state index contributed by atoms with van der Waals surface area (Å²) in [4.78, 5) is 21.1. The van der Waals surface area contributed by atoms with E-state index in [4.69, 9.17) is 4.74 Å². The molecule has 3 rings (SSSR count). The van der Waals surface area contributed by atoms with Crippen molar-refractivity contribution in [3.8, 4) is 0 Å². The largest absolute Gasteiger partial charge is 0.385 e. The number of amides is 1. The number of piperazine rings is 1. The Morgan fingerprint density at radius 1 is 1.16 bits per heavy atom. The van der Waals surface area contributed by atoms with E-state index in [9.17, 15) is 9.18 Å². The zero-order chi connectivity index (χ0) is 17.6. The second-order valence-corrected chi connectivity index (χ2v) is 6.34. The van der Waals surface area contributed by atoms with Crippen molar-refractivity contribution < 1.29 is 13.9 Å². The van der Waals surface area contributed by atoms with Gasteiger partial charge in [0.25, 0.3) is 5.91 Å². The minimum Gasteiger partial charge on any atom is -0.385 e. The highest BCUT2D eigenvalue weighted by molar-refractivity contribution is 5.95. The number of hydrogen-bond donors (Lipinski definition) is 0. The maximum absolute atomic E-state index is 13.9. The molecule has 1 aliphatic heterocycles. The van der Waals surface area contributed by atoms with Gasteiger partial charge < -0.3 is 9.64 Å². The number of carbonyl (C=O) groups excluding carboxylic acids is 1. The third kappa shape index (κ3) is 4.32. The highest BCUT2D eigenvalue weighted by Crippen LogP contribution is 2.17. The molecule has 0 atom stereocenters. The molecule has 2 heterocycles. The third-order valence-electron chi connectivity index (χ3n) is 4.62. The molecule has 1 amide bonds. The first-order chi connectivity index (χ1) is 12.2. The van der Waals surface area contributed by atoms with Crippen molar-refractivity contribution in [3.05, 3.63) is 41.8 Å². The van der Waals surface area contributed by atoms with E-state index in [0.717, 1.165) is 39.1 Å². The lowest BCUT2D eigenvalue weighted by Crippen LogP contribution is -2.49. The molecule has 0 saturated carbocycles. The van der Waals surface area contributed by atoms with Crippen molar-refractivity contribution in [3.63, 3.8) is 0 Å². The molecular formula is C19H24FN3O2. The zero-order valence-corrected chi connectivity index (χ0v) is 14.6. The molecule has 0 radical (unpaired) electrons. The van der Waals surface area contributed by atoms with Crippen molar-refractivity contribution in [2.24, 2.45) is 0 Å². The van der Waals surface area contributed by atoms with Gasteiger partial charge in [-0.1, -0.05) is 18.2 Å². The Kier molecular flexibility index (Phi) is 5.94. The lowest BCUT2D eigenvalue weighted by atomic mass is 10.2. The van der Waals surface area contributed by atoms with Gasteiger partial charge in [0.1, 0.15) is 17.0 Å². The van der Waals surface area contributed by atoms with Crippen LogP contribution in [0.25, 0.3) is 10.9 Å². The van der Waals surface area contributed by atoms with Crippen LogP contribution in [-0.4, -0.2) is 67.1 Å². The van der Waals surface area contributed by atoms with E-state index in [1.54, 1.807) is 36.3 Å². The van der Waals surface area contributed by atoms with E-state index in [-0.39, 0.29) is 11.4 Å². The van der Waals surface area contributed by atoms with Crippen LogP contribution < -0.4 is 0 Å². The van der Waals surface area contributed by atoms with Crippen LogP contribution >= 0.6 is 0 Å². The Balaban J connectivity index is 1.58. The maximum Gasteiger partial charge on any atom is 0.272 e. The van der Waals surface area contributed by atoms with Crippen LogP contribution in [0.1, 0.15) is 23.3 Å². The van der Waals surface area contributed by atoms with Gasteiger partial charge in [-0.2, -0.15) is 0 Å². The second kappa shape index (κ2) is 8.36. The first-order valence-corrected chi connectivity index (χ1v) is 8.75. The fraction of sp³-hybridized carbons (Fsp3) is 0.474. The van der Waals surface area contributed by atoms with Crippen LogP contribution in [-0.2, 0) is 4.74 Å². The molecule has 1 saturated heterocycles. The SMILES string of the molecule is COCCCCN1CCN(C(=O)c2ccc3cccc(F)c3n2)CC1. The summed E-state index contributed by atoms with van der Waals surface area (Å²) in [5, 5.41) is 0.706. The van der Waals surface area contributed by atoms with Crippen molar-refractivity contribution in [2.45, 2.75) is 12.8 Å². The topological polar surface area (TPSA) is 45.7 Å². The molecule has 6 heteroatoms. The third-order valence-corrected chi connectivity index (χ3v) is 4.62. The monoisotopic (exact) mass is 345 g/mol. The Morgan fingerprint density at radius 2 is 1.96 bits per heavy atom. The van der Waals surface area contributed by atoms with E-state index in [1.165, 1.54) is 6.07 Å². The van der Waals surface area contributed by atoms with Crippen LogP contribution in [0.4, 0.5) is 4.39 Å². The van der Waals surface area contributed by atoms with Gasteiger partial charge in [-0.25, -0.2) is 9.37 Å². The van der Waals surface area contributed by atoms with Gasteiger partial charge in [0, 0.05) is 45.3 Å². The molecule has 0 bridgehead atoms. The lowest BCUT2D eigenvalue weighted by Gasteiger charge is -2.34. The number of aromatic nitrogens is 1. The number of benzene rings is 1. The van der Waals surface area contributed by atoms with Crippen LogP contribution in [0.5, 0.6) is 0 Å². The minimum atomic E-state index is -0.395. The van der Waals surface area contributed by atoms with Crippen LogP contribution in [0, 0.1) is 5.82 Å². The number of unbranched alkanes of at least 4 members (excludes halogenated alkanes) is 1. The van der Waals surface area contributed by atoms with Crippen molar-refractivity contribution in [1.82, 2.24) is 14.8 Å². The molecule has 0 unspecified atom stereocenters. The van der Waals surface area contributed by atoms with Gasteiger partial charge in [-0.3, -0.25) is 9.69 Å². The van der Waals surface area contributed by atoms with E-state index in [2.05, 4.69) is 9.88 Å². The Morgan fingerprint density at radius 3 is 2.72 bits per heavy atom. The molecule has 2 aromatic rings. The maximum atomic E-state index is 13.9. The molecule has 1 aliphatic rings. The number of fused-ring (bicyclic) bond motifs is 1. The Bertz CT molecular complexity index is 730. The average Bonchev–Trinajstić information content (AvgIpc) is 2.65. The molecule has 1 fully saturated rings. The standard InChI is InChI=1S/C19H24FN3O2/c1-25-14-3-2-9-22-10-12-23(13-11-22)19(24)17-8-7-15-5-4-6-16(20)18(15)21-17/h4-8H,2-3,9-14H2,1H3. The molecular weight excluding hydrogens is 321 g/mol. The number of methoxy groups -OCH3 is 1. The van der Waals surface area contributed by atoms with Crippen molar-refractivity contribution in [2.75, 3.05) is 46.4 Å². The minimum absolute atomic E-state index is 0.121. The summed E-state index contributed by atoms with van der Waals surface area (Å²) >= 11 is 0. The molecule has 1 aromatic carbocycles. The fourth-order valence-electron chi connectivity index (χ4n) is 3.15. The van der Waals surface area contributed by atoms with Crippen molar-refractivity contribution in [1.29, 1.82) is 0 Å². The van der Waals surface area contributed by atoms with E-state index < -0.39 is 5.82 Å². The molecule has 0 aliphatic carbocycles. The number of pyridine rings is 1. The molecule has 0 spiro atoms. The average molecular weight is 345 g/mol. The van der Waals surface area contributed by atoms with E-state index in [1.807, 2.05) is 0 Å². The fourth-order valence-corrected chi connectivity index (χ4v) is 3.15. The van der Waals surface area contributed by atoms with Crippen molar-refractivity contribution >= 4 is 16.8 Å². The van der Waals surface area contributed by atoms with Crippen LogP contribution in [0.3, 0.4) is 0 Å². The normalized spacial score (nSPS) is 15.7. The molecule has 0 N–H and O–H groups in total. The van der Waals surface area contributed by atoms with Gasteiger partial charge in [0.15, 0.2) is 0 Å². The summed E-state index contributed by atoms with van der Waals surface area (Å²) in [6.45, 7) is 4.91. The Hall–Kier alpha value is -2.05. The van der Waals surface area contributed by atoms with Gasteiger partial charge in [0.05, 0.1) is 0 Å². The van der Waals surface area contributed by atoms with Gasteiger partial charge >= 0.3 is 0 Å². The highest BCUT2D eigenvalue weighted by Gasteiger charge is 2.23. The quantitative estimate of drug-likeness (QED) is 0.755. The zero-order valence-electron chi connectivity index (χ0n) is 14.6. The summed E-state index contributed by atoms with van der Waals surface area (Å²) in [5.41, 5.74) is 0.566. The summed E-state index contributed by atoms with van der Waals surface area (Å²) < 4.78 is 19.0. The Labute approximate surface area is 147 Å². The number of nitrogens with zero attached hydrogens (tertiary/aromatic N) is 3. The molecule has 1 aromatic heterocycles. The predicted octanol–water partition coefficient (Wildman–Crippen LogP) is 2.56. The summed E-state index contributed by atoms with van der Waals surface area (Å²) in [7, 11) is 1.72. The smallest absolute Gasteiger partial charge is 0.272 e. The van der Waals surface area contributed by atoms with Crippen LogP contribution in [0.2, 0.25) is 0 Å².